The molecule has 0 amide bonds. The van der Waals surface area contributed by atoms with Crippen LogP contribution in [0.1, 0.15) is 25.5 Å². The Balaban J connectivity index is 2.10. The van der Waals surface area contributed by atoms with E-state index in [9.17, 15) is 0 Å². The highest BCUT2D eigenvalue weighted by molar-refractivity contribution is 7.99. The van der Waals surface area contributed by atoms with Crippen LogP contribution >= 0.6 is 11.8 Å². The molecule has 1 N–H and O–H groups in total. The van der Waals surface area contributed by atoms with Crippen LogP contribution in [0.4, 0.5) is 0 Å². The maximum atomic E-state index is 3.60. The number of thioether (sulfide) groups is 1. The molecular weight excluding hydrogens is 240 g/mol. The molecule has 2 nitrogen and oxygen atoms in total. The van der Waals surface area contributed by atoms with Crippen LogP contribution in [0.3, 0.4) is 0 Å². The normalized spacial score (nSPS) is 27.1. The lowest BCUT2D eigenvalue weighted by atomic mass is 10.0. The first kappa shape index (κ1) is 13.9. The summed E-state index contributed by atoms with van der Waals surface area (Å²) in [7, 11) is 0. The Labute approximate surface area is 115 Å². The molecule has 0 saturated carbocycles. The second-order valence-corrected chi connectivity index (χ2v) is 6.51. The van der Waals surface area contributed by atoms with Gasteiger partial charge in [0, 0.05) is 37.0 Å². The largest absolute Gasteiger partial charge is 0.311 e. The van der Waals surface area contributed by atoms with Gasteiger partial charge in [-0.1, -0.05) is 37.3 Å². The maximum Gasteiger partial charge on any atom is 0.0473 e. The van der Waals surface area contributed by atoms with Crippen molar-refractivity contribution in [2.75, 3.05) is 25.9 Å². The van der Waals surface area contributed by atoms with Crippen LogP contribution in [0.2, 0.25) is 0 Å². The Hall–Kier alpha value is -0.510. The lowest BCUT2D eigenvalue weighted by Crippen LogP contribution is -2.52. The van der Waals surface area contributed by atoms with E-state index in [2.05, 4.69) is 60.7 Å². The van der Waals surface area contributed by atoms with E-state index >= 15 is 0 Å². The Morgan fingerprint density at radius 1 is 1.39 bits per heavy atom. The highest BCUT2D eigenvalue weighted by Crippen LogP contribution is 2.25. The first-order chi connectivity index (χ1) is 8.70. The summed E-state index contributed by atoms with van der Waals surface area (Å²) in [4.78, 5) is 2.64. The fraction of sp³-hybridized carbons (Fsp3) is 0.600. The van der Waals surface area contributed by atoms with Gasteiger partial charge in [0.1, 0.15) is 0 Å². The van der Waals surface area contributed by atoms with E-state index in [1.54, 1.807) is 0 Å². The molecule has 1 heterocycles. The molecule has 100 valence electrons. The molecular formula is C15H24N2S. The summed E-state index contributed by atoms with van der Waals surface area (Å²) in [5.74, 6) is 0. The van der Waals surface area contributed by atoms with Gasteiger partial charge >= 0.3 is 0 Å². The summed E-state index contributed by atoms with van der Waals surface area (Å²) >= 11 is 1.95. The molecule has 1 saturated heterocycles. The van der Waals surface area contributed by atoms with Crippen molar-refractivity contribution < 1.29 is 0 Å². The van der Waals surface area contributed by atoms with Gasteiger partial charge in [0.25, 0.3) is 0 Å². The van der Waals surface area contributed by atoms with Crippen LogP contribution < -0.4 is 5.32 Å². The van der Waals surface area contributed by atoms with Crippen LogP contribution in [-0.2, 0) is 0 Å². The molecule has 1 aliphatic heterocycles. The van der Waals surface area contributed by atoms with Crippen LogP contribution in [-0.4, -0.2) is 42.1 Å². The molecule has 1 aliphatic rings. The molecule has 1 aromatic rings. The standard InChI is InChI=1S/C15H24N2S/c1-12-10-17(11-13(2)18-3)15(9-16-12)14-7-5-4-6-8-14/h4-8,12-13,15-16H,9-11H2,1-3H3. The van der Waals surface area contributed by atoms with E-state index in [0.29, 0.717) is 17.3 Å². The summed E-state index contributed by atoms with van der Waals surface area (Å²) in [6, 6.07) is 12.0. The molecule has 0 spiro atoms. The van der Waals surface area contributed by atoms with Crippen molar-refractivity contribution in [1.29, 1.82) is 0 Å². The van der Waals surface area contributed by atoms with Gasteiger partial charge in [-0.3, -0.25) is 4.90 Å². The first-order valence-electron chi connectivity index (χ1n) is 6.76. The number of benzene rings is 1. The molecule has 0 radical (unpaired) electrons. The molecule has 3 atom stereocenters. The number of nitrogens with zero attached hydrogens (tertiary/aromatic N) is 1. The monoisotopic (exact) mass is 264 g/mol. The summed E-state index contributed by atoms with van der Waals surface area (Å²) in [5, 5.41) is 4.30. The predicted molar refractivity (Wildman–Crippen MR) is 81.2 cm³/mol. The zero-order valence-electron chi connectivity index (χ0n) is 11.6. The molecule has 0 bridgehead atoms. The van der Waals surface area contributed by atoms with Gasteiger partial charge in [0.15, 0.2) is 0 Å². The van der Waals surface area contributed by atoms with Gasteiger partial charge in [0.05, 0.1) is 0 Å². The van der Waals surface area contributed by atoms with Crippen LogP contribution in [0.15, 0.2) is 30.3 Å². The Morgan fingerprint density at radius 3 is 2.78 bits per heavy atom. The van der Waals surface area contributed by atoms with Gasteiger partial charge in [-0.05, 0) is 18.7 Å². The lowest BCUT2D eigenvalue weighted by Gasteiger charge is -2.40. The highest BCUT2D eigenvalue weighted by Gasteiger charge is 2.27. The van der Waals surface area contributed by atoms with Crippen molar-refractivity contribution in [3.63, 3.8) is 0 Å². The lowest BCUT2D eigenvalue weighted by molar-refractivity contribution is 0.137. The van der Waals surface area contributed by atoms with Crippen molar-refractivity contribution in [3.05, 3.63) is 35.9 Å². The fourth-order valence-electron chi connectivity index (χ4n) is 2.60. The first-order valence-corrected chi connectivity index (χ1v) is 8.04. The SMILES string of the molecule is CSC(C)CN1CC(C)NCC1c1ccccc1. The summed E-state index contributed by atoms with van der Waals surface area (Å²) < 4.78 is 0. The quantitative estimate of drug-likeness (QED) is 0.900. The van der Waals surface area contributed by atoms with Crippen molar-refractivity contribution in [2.24, 2.45) is 0 Å². The van der Waals surface area contributed by atoms with Gasteiger partial charge in [-0.2, -0.15) is 11.8 Å². The topological polar surface area (TPSA) is 15.3 Å². The molecule has 1 aromatic carbocycles. The average Bonchev–Trinajstić information content (AvgIpc) is 2.40. The summed E-state index contributed by atoms with van der Waals surface area (Å²) in [6.45, 7) is 7.97. The smallest absolute Gasteiger partial charge is 0.0473 e. The van der Waals surface area contributed by atoms with E-state index in [4.69, 9.17) is 0 Å². The van der Waals surface area contributed by atoms with E-state index in [-0.39, 0.29) is 0 Å². The second kappa shape index (κ2) is 6.60. The molecule has 0 aromatic heterocycles. The average molecular weight is 264 g/mol. The molecule has 3 unspecified atom stereocenters. The van der Waals surface area contributed by atoms with Gasteiger partial charge in [-0.25, -0.2) is 0 Å². The third-order valence-electron chi connectivity index (χ3n) is 3.69. The molecule has 1 fully saturated rings. The van der Waals surface area contributed by atoms with E-state index in [1.807, 2.05) is 11.8 Å². The predicted octanol–water partition coefficient (Wildman–Crippen LogP) is 2.77. The maximum absolute atomic E-state index is 3.60. The van der Waals surface area contributed by atoms with Gasteiger partial charge in [-0.15, -0.1) is 0 Å². The number of rotatable bonds is 4. The molecule has 18 heavy (non-hydrogen) atoms. The highest BCUT2D eigenvalue weighted by atomic mass is 32.2. The van der Waals surface area contributed by atoms with E-state index in [0.717, 1.165) is 13.1 Å². The zero-order valence-corrected chi connectivity index (χ0v) is 12.4. The van der Waals surface area contributed by atoms with Crippen LogP contribution in [0.5, 0.6) is 0 Å². The number of hydrogen-bond acceptors (Lipinski definition) is 3. The molecule has 0 aliphatic carbocycles. The number of nitrogens with one attached hydrogen (secondary N) is 1. The van der Waals surface area contributed by atoms with Crippen LogP contribution in [0.25, 0.3) is 0 Å². The fourth-order valence-corrected chi connectivity index (χ4v) is 2.94. The zero-order chi connectivity index (χ0) is 13.0. The Kier molecular flexibility index (Phi) is 5.10. The number of piperazine rings is 1. The van der Waals surface area contributed by atoms with Crippen molar-refractivity contribution in [1.82, 2.24) is 10.2 Å². The van der Waals surface area contributed by atoms with E-state index in [1.165, 1.54) is 12.1 Å². The van der Waals surface area contributed by atoms with Crippen molar-refractivity contribution in [3.8, 4) is 0 Å². The minimum Gasteiger partial charge on any atom is -0.311 e. The molecule has 3 heteroatoms. The van der Waals surface area contributed by atoms with Crippen LogP contribution in [0, 0.1) is 0 Å². The van der Waals surface area contributed by atoms with Gasteiger partial charge in [0.2, 0.25) is 0 Å². The minimum absolute atomic E-state index is 0.525. The minimum atomic E-state index is 0.525. The van der Waals surface area contributed by atoms with E-state index < -0.39 is 0 Å². The van der Waals surface area contributed by atoms with Crippen molar-refractivity contribution in [2.45, 2.75) is 31.2 Å². The Morgan fingerprint density at radius 2 is 2.11 bits per heavy atom. The van der Waals surface area contributed by atoms with Crippen molar-refractivity contribution >= 4 is 11.8 Å². The second-order valence-electron chi connectivity index (χ2n) is 5.24. The molecule has 2 rings (SSSR count). The summed E-state index contributed by atoms with van der Waals surface area (Å²) in [5.41, 5.74) is 1.44. The third kappa shape index (κ3) is 3.50. The van der Waals surface area contributed by atoms with Gasteiger partial charge < -0.3 is 5.32 Å². The third-order valence-corrected chi connectivity index (χ3v) is 4.64. The Bertz CT molecular complexity index is 355. The summed E-state index contributed by atoms with van der Waals surface area (Å²) in [6.07, 6.45) is 2.20. The number of hydrogen-bond donors (Lipinski definition) is 1.